The van der Waals surface area contributed by atoms with Crippen LogP contribution in [0.5, 0.6) is 0 Å². The molecule has 1 aromatic rings. The summed E-state index contributed by atoms with van der Waals surface area (Å²) in [7, 11) is 0. The molecular formula is C15H19F2NO2. The number of rotatable bonds is 2. The van der Waals surface area contributed by atoms with Gasteiger partial charge in [0.05, 0.1) is 24.9 Å². The number of ether oxygens (including phenoxy) is 1. The van der Waals surface area contributed by atoms with Crippen molar-refractivity contribution in [3.63, 3.8) is 0 Å². The maximum absolute atomic E-state index is 13.3. The van der Waals surface area contributed by atoms with Crippen LogP contribution in [0.1, 0.15) is 25.7 Å². The quantitative estimate of drug-likeness (QED) is 0.877. The van der Waals surface area contributed by atoms with E-state index in [0.717, 1.165) is 37.8 Å². The van der Waals surface area contributed by atoms with Gasteiger partial charge in [-0.1, -0.05) is 12.8 Å². The number of benzene rings is 1. The van der Waals surface area contributed by atoms with E-state index in [9.17, 15) is 13.9 Å². The topological polar surface area (TPSA) is 41.5 Å². The van der Waals surface area contributed by atoms with Gasteiger partial charge in [-0.3, -0.25) is 0 Å². The third-order valence-corrected chi connectivity index (χ3v) is 4.55. The van der Waals surface area contributed by atoms with Crippen molar-refractivity contribution < 1.29 is 18.6 Å². The SMILES string of the molecule is O[C@]12CCCCC1COCC2Nc1ccc(F)c(F)c1. The summed E-state index contributed by atoms with van der Waals surface area (Å²) >= 11 is 0. The second kappa shape index (κ2) is 5.30. The first-order valence-electron chi connectivity index (χ1n) is 7.11. The first kappa shape index (κ1) is 13.8. The van der Waals surface area contributed by atoms with E-state index in [4.69, 9.17) is 4.74 Å². The molecule has 2 N–H and O–H groups in total. The summed E-state index contributed by atoms with van der Waals surface area (Å²) in [6, 6.07) is 3.40. The molecule has 0 radical (unpaired) electrons. The molecule has 1 saturated carbocycles. The standard InChI is InChI=1S/C15H19F2NO2/c16-12-5-4-11(7-13(12)17)18-14-9-20-8-10-3-1-2-6-15(10,14)19/h4-5,7,10,14,18-19H,1-3,6,8-9H2/t10?,14?,15-/m1/s1. The Hall–Kier alpha value is -1.20. The minimum atomic E-state index is -0.890. The molecule has 1 heterocycles. The molecule has 3 nitrogen and oxygen atoms in total. The van der Waals surface area contributed by atoms with Crippen molar-refractivity contribution in [1.29, 1.82) is 0 Å². The summed E-state index contributed by atoms with van der Waals surface area (Å²) in [4.78, 5) is 0. The van der Waals surface area contributed by atoms with Crippen LogP contribution in [0.25, 0.3) is 0 Å². The Kier molecular flexibility index (Phi) is 3.65. The lowest BCUT2D eigenvalue weighted by atomic mass is 9.70. The van der Waals surface area contributed by atoms with Gasteiger partial charge < -0.3 is 15.2 Å². The molecule has 0 bridgehead atoms. The number of hydrogen-bond donors (Lipinski definition) is 2. The molecule has 110 valence electrons. The average Bonchev–Trinajstić information content (AvgIpc) is 2.43. The average molecular weight is 283 g/mol. The monoisotopic (exact) mass is 283 g/mol. The van der Waals surface area contributed by atoms with Crippen molar-refractivity contribution in [3.05, 3.63) is 29.8 Å². The minimum absolute atomic E-state index is 0.118. The Morgan fingerprint density at radius 1 is 1.20 bits per heavy atom. The molecule has 5 heteroatoms. The molecule has 2 fully saturated rings. The highest BCUT2D eigenvalue weighted by molar-refractivity contribution is 5.45. The van der Waals surface area contributed by atoms with Crippen LogP contribution in [-0.2, 0) is 4.74 Å². The summed E-state index contributed by atoms with van der Waals surface area (Å²) in [5.41, 5.74) is -0.349. The zero-order valence-corrected chi connectivity index (χ0v) is 11.2. The van der Waals surface area contributed by atoms with E-state index in [1.807, 2.05) is 0 Å². The van der Waals surface area contributed by atoms with Crippen molar-refractivity contribution in [3.8, 4) is 0 Å². The molecule has 1 saturated heterocycles. The second-order valence-electron chi connectivity index (χ2n) is 5.80. The van der Waals surface area contributed by atoms with Gasteiger partial charge in [0.2, 0.25) is 0 Å². The summed E-state index contributed by atoms with van der Waals surface area (Å²) in [5.74, 6) is -1.64. The third kappa shape index (κ3) is 2.40. The smallest absolute Gasteiger partial charge is 0.160 e. The normalized spacial score (nSPS) is 33.5. The van der Waals surface area contributed by atoms with E-state index < -0.39 is 17.2 Å². The summed E-state index contributed by atoms with van der Waals surface area (Å²) < 4.78 is 31.8. The zero-order valence-electron chi connectivity index (χ0n) is 11.2. The van der Waals surface area contributed by atoms with Crippen LogP contribution in [-0.4, -0.2) is 30.0 Å². The highest BCUT2D eigenvalue weighted by Gasteiger charge is 2.48. The number of halogens is 2. The molecule has 0 aromatic heterocycles. The predicted octanol–water partition coefficient (Wildman–Crippen LogP) is 2.70. The van der Waals surface area contributed by atoms with Crippen LogP contribution in [0.15, 0.2) is 18.2 Å². The van der Waals surface area contributed by atoms with E-state index in [1.54, 1.807) is 0 Å². The van der Waals surface area contributed by atoms with E-state index in [-0.39, 0.29) is 12.0 Å². The van der Waals surface area contributed by atoms with E-state index >= 15 is 0 Å². The van der Waals surface area contributed by atoms with Gasteiger partial charge >= 0.3 is 0 Å². The van der Waals surface area contributed by atoms with Crippen molar-refractivity contribution in [2.75, 3.05) is 18.5 Å². The molecule has 0 amide bonds. The second-order valence-corrected chi connectivity index (χ2v) is 5.80. The lowest BCUT2D eigenvalue weighted by molar-refractivity contribution is -0.139. The van der Waals surface area contributed by atoms with Crippen molar-refractivity contribution in [2.45, 2.75) is 37.3 Å². The van der Waals surface area contributed by atoms with E-state index in [0.29, 0.717) is 18.9 Å². The molecule has 20 heavy (non-hydrogen) atoms. The maximum Gasteiger partial charge on any atom is 0.160 e. The Labute approximate surface area is 116 Å². The highest BCUT2D eigenvalue weighted by Crippen LogP contribution is 2.40. The molecule has 3 atom stereocenters. The van der Waals surface area contributed by atoms with Crippen LogP contribution >= 0.6 is 0 Å². The van der Waals surface area contributed by atoms with Crippen LogP contribution in [0, 0.1) is 17.6 Å². The molecule has 0 spiro atoms. The van der Waals surface area contributed by atoms with Crippen LogP contribution in [0.3, 0.4) is 0 Å². The summed E-state index contributed by atoms with van der Waals surface area (Å²) in [5, 5.41) is 14.0. The third-order valence-electron chi connectivity index (χ3n) is 4.55. The molecule has 1 aliphatic carbocycles. The van der Waals surface area contributed by atoms with Crippen molar-refractivity contribution >= 4 is 5.69 Å². The first-order valence-corrected chi connectivity index (χ1v) is 7.11. The molecule has 1 aliphatic heterocycles. The first-order chi connectivity index (χ1) is 9.59. The number of aliphatic hydroxyl groups is 1. The lowest BCUT2D eigenvalue weighted by Gasteiger charge is -2.48. The molecule has 3 rings (SSSR count). The van der Waals surface area contributed by atoms with Gasteiger partial charge in [0.15, 0.2) is 11.6 Å². The molecule has 2 aliphatic rings. The van der Waals surface area contributed by atoms with Crippen LogP contribution in [0.2, 0.25) is 0 Å². The van der Waals surface area contributed by atoms with Gasteiger partial charge in [0.25, 0.3) is 0 Å². The van der Waals surface area contributed by atoms with Gasteiger partial charge in [-0.05, 0) is 25.0 Å². The number of hydrogen-bond acceptors (Lipinski definition) is 3. The van der Waals surface area contributed by atoms with Crippen molar-refractivity contribution in [2.24, 2.45) is 5.92 Å². The highest BCUT2D eigenvalue weighted by atomic mass is 19.2. The fourth-order valence-corrected chi connectivity index (χ4v) is 3.37. The van der Waals surface area contributed by atoms with Gasteiger partial charge in [0.1, 0.15) is 0 Å². The van der Waals surface area contributed by atoms with Crippen LogP contribution in [0.4, 0.5) is 14.5 Å². The largest absolute Gasteiger partial charge is 0.387 e. The number of anilines is 1. The summed E-state index contributed by atoms with van der Waals surface area (Å²) in [6.07, 6.45) is 3.77. The van der Waals surface area contributed by atoms with Gasteiger partial charge in [-0.2, -0.15) is 0 Å². The fraction of sp³-hybridized carbons (Fsp3) is 0.600. The van der Waals surface area contributed by atoms with Crippen molar-refractivity contribution in [1.82, 2.24) is 0 Å². The molecule has 2 unspecified atom stereocenters. The predicted molar refractivity (Wildman–Crippen MR) is 71.5 cm³/mol. The van der Waals surface area contributed by atoms with Gasteiger partial charge in [0, 0.05) is 17.7 Å². The Morgan fingerprint density at radius 2 is 2.05 bits per heavy atom. The lowest BCUT2D eigenvalue weighted by Crippen LogP contribution is -2.60. The molecular weight excluding hydrogens is 264 g/mol. The zero-order chi connectivity index (χ0) is 14.2. The minimum Gasteiger partial charge on any atom is -0.387 e. The Bertz CT molecular complexity index is 495. The van der Waals surface area contributed by atoms with E-state index in [2.05, 4.69) is 5.32 Å². The van der Waals surface area contributed by atoms with Crippen LogP contribution < -0.4 is 5.32 Å². The van der Waals surface area contributed by atoms with Gasteiger partial charge in [-0.15, -0.1) is 0 Å². The van der Waals surface area contributed by atoms with Gasteiger partial charge in [-0.25, -0.2) is 8.78 Å². The van der Waals surface area contributed by atoms with E-state index in [1.165, 1.54) is 6.07 Å². The Balaban J connectivity index is 1.79. The summed E-state index contributed by atoms with van der Waals surface area (Å²) in [6.45, 7) is 0.957. The Morgan fingerprint density at radius 3 is 2.85 bits per heavy atom. The maximum atomic E-state index is 13.3. The number of fused-ring (bicyclic) bond motifs is 1. The number of nitrogens with one attached hydrogen (secondary N) is 1. The fourth-order valence-electron chi connectivity index (χ4n) is 3.37. The molecule has 1 aromatic carbocycles.